The van der Waals surface area contributed by atoms with Crippen molar-refractivity contribution in [2.45, 2.75) is 51.2 Å². The SMILES string of the molecule is COC1OC(C)[C@H]2OC(C)(C)O[C@@H]12. The molecule has 0 spiro atoms. The Bertz CT molecular complexity index is 204. The van der Waals surface area contributed by atoms with Gasteiger partial charge in [-0.2, -0.15) is 0 Å². The van der Waals surface area contributed by atoms with Crippen LogP contribution in [0.3, 0.4) is 0 Å². The van der Waals surface area contributed by atoms with Gasteiger partial charge in [-0.05, 0) is 20.8 Å². The molecular weight excluding hydrogens is 172 g/mol. The van der Waals surface area contributed by atoms with E-state index in [1.807, 2.05) is 20.8 Å². The van der Waals surface area contributed by atoms with E-state index in [1.54, 1.807) is 7.11 Å². The van der Waals surface area contributed by atoms with Gasteiger partial charge in [-0.1, -0.05) is 0 Å². The minimum absolute atomic E-state index is 0.0000463. The van der Waals surface area contributed by atoms with E-state index in [1.165, 1.54) is 0 Å². The molecule has 0 radical (unpaired) electrons. The van der Waals surface area contributed by atoms with Crippen molar-refractivity contribution in [1.82, 2.24) is 0 Å². The summed E-state index contributed by atoms with van der Waals surface area (Å²) < 4.78 is 22.0. The van der Waals surface area contributed by atoms with Crippen molar-refractivity contribution in [1.29, 1.82) is 0 Å². The van der Waals surface area contributed by atoms with Crippen molar-refractivity contribution in [2.75, 3.05) is 7.11 Å². The van der Waals surface area contributed by atoms with E-state index < -0.39 is 5.79 Å². The van der Waals surface area contributed by atoms with Gasteiger partial charge in [0.05, 0.1) is 6.10 Å². The number of methoxy groups -OCH3 is 1. The van der Waals surface area contributed by atoms with Crippen LogP contribution in [0.15, 0.2) is 0 Å². The first-order valence-electron chi connectivity index (χ1n) is 4.57. The maximum absolute atomic E-state index is 5.69. The van der Waals surface area contributed by atoms with Crippen LogP contribution in [-0.4, -0.2) is 37.5 Å². The third-order valence-electron chi connectivity index (χ3n) is 2.48. The van der Waals surface area contributed by atoms with E-state index in [4.69, 9.17) is 18.9 Å². The van der Waals surface area contributed by atoms with Crippen molar-refractivity contribution in [3.8, 4) is 0 Å². The molecule has 0 aromatic rings. The van der Waals surface area contributed by atoms with Gasteiger partial charge in [0.15, 0.2) is 12.1 Å². The molecule has 0 N–H and O–H groups in total. The van der Waals surface area contributed by atoms with Gasteiger partial charge >= 0.3 is 0 Å². The molecule has 2 aliphatic heterocycles. The van der Waals surface area contributed by atoms with Gasteiger partial charge in [-0.3, -0.25) is 0 Å². The Kier molecular flexibility index (Phi) is 2.11. The predicted octanol–water partition coefficient (Wildman–Crippen LogP) is 0.898. The van der Waals surface area contributed by atoms with Gasteiger partial charge in [0.2, 0.25) is 0 Å². The van der Waals surface area contributed by atoms with Gasteiger partial charge in [-0.15, -0.1) is 0 Å². The Morgan fingerprint density at radius 2 is 1.77 bits per heavy atom. The molecule has 2 saturated heterocycles. The summed E-state index contributed by atoms with van der Waals surface area (Å²) in [7, 11) is 1.62. The van der Waals surface area contributed by atoms with Crippen molar-refractivity contribution in [2.24, 2.45) is 0 Å². The predicted molar refractivity (Wildman–Crippen MR) is 45.2 cm³/mol. The van der Waals surface area contributed by atoms with Crippen LogP contribution in [0.1, 0.15) is 20.8 Å². The first-order valence-corrected chi connectivity index (χ1v) is 4.57. The number of hydrogen-bond acceptors (Lipinski definition) is 4. The Labute approximate surface area is 78.1 Å². The van der Waals surface area contributed by atoms with E-state index in [-0.39, 0.29) is 24.6 Å². The standard InChI is InChI=1S/C9H16O4/c1-5-6-7(8(10-4)11-5)13-9(2,3)12-6/h5-8H,1-4H3/t5?,6-,7-,8?/m1/s1. The minimum atomic E-state index is -0.510. The van der Waals surface area contributed by atoms with Crippen LogP contribution in [0.25, 0.3) is 0 Å². The van der Waals surface area contributed by atoms with Crippen molar-refractivity contribution >= 4 is 0 Å². The summed E-state index contributed by atoms with van der Waals surface area (Å²) in [5.41, 5.74) is 0. The van der Waals surface area contributed by atoms with Crippen molar-refractivity contribution in [3.05, 3.63) is 0 Å². The fourth-order valence-electron chi connectivity index (χ4n) is 1.95. The lowest BCUT2D eigenvalue weighted by atomic mass is 10.2. The van der Waals surface area contributed by atoms with Crippen LogP contribution in [0, 0.1) is 0 Å². The van der Waals surface area contributed by atoms with Crippen LogP contribution in [0.5, 0.6) is 0 Å². The summed E-state index contributed by atoms with van der Waals surface area (Å²) in [4.78, 5) is 0. The molecule has 2 fully saturated rings. The highest BCUT2D eigenvalue weighted by Crippen LogP contribution is 2.38. The third kappa shape index (κ3) is 1.48. The molecule has 2 rings (SSSR count). The topological polar surface area (TPSA) is 36.9 Å². The molecule has 0 aromatic heterocycles. The Balaban J connectivity index is 2.12. The molecule has 13 heavy (non-hydrogen) atoms. The summed E-state index contributed by atoms with van der Waals surface area (Å²) in [6.45, 7) is 5.79. The zero-order chi connectivity index (χ0) is 9.64. The summed E-state index contributed by atoms with van der Waals surface area (Å²) in [6.07, 6.45) is -0.339. The lowest BCUT2D eigenvalue weighted by Gasteiger charge is -2.22. The molecule has 4 atom stereocenters. The molecule has 76 valence electrons. The number of hydrogen-bond donors (Lipinski definition) is 0. The molecule has 2 aliphatic rings. The van der Waals surface area contributed by atoms with E-state index in [2.05, 4.69) is 0 Å². The molecular formula is C9H16O4. The fourth-order valence-corrected chi connectivity index (χ4v) is 1.95. The Morgan fingerprint density at radius 1 is 1.15 bits per heavy atom. The fraction of sp³-hybridized carbons (Fsp3) is 1.00. The summed E-state index contributed by atoms with van der Waals surface area (Å²) >= 11 is 0. The summed E-state index contributed by atoms with van der Waals surface area (Å²) in [5, 5.41) is 0. The normalized spacial score (nSPS) is 48.0. The molecule has 0 amide bonds. The number of ether oxygens (including phenoxy) is 4. The number of fused-ring (bicyclic) bond motifs is 1. The first kappa shape index (κ1) is 9.40. The number of rotatable bonds is 1. The molecule has 0 saturated carbocycles. The maximum atomic E-state index is 5.69. The van der Waals surface area contributed by atoms with Gasteiger partial charge in [0.1, 0.15) is 12.2 Å². The van der Waals surface area contributed by atoms with Crippen molar-refractivity contribution < 1.29 is 18.9 Å². The zero-order valence-electron chi connectivity index (χ0n) is 8.44. The maximum Gasteiger partial charge on any atom is 0.186 e. The molecule has 4 nitrogen and oxygen atoms in total. The largest absolute Gasteiger partial charge is 0.353 e. The quantitative estimate of drug-likeness (QED) is 0.612. The molecule has 4 heteroatoms. The van der Waals surface area contributed by atoms with E-state index in [0.717, 1.165) is 0 Å². The van der Waals surface area contributed by atoms with E-state index in [0.29, 0.717) is 0 Å². The minimum Gasteiger partial charge on any atom is -0.353 e. The second-order valence-corrected chi connectivity index (χ2v) is 4.01. The first-order chi connectivity index (χ1) is 6.03. The van der Waals surface area contributed by atoms with Crippen LogP contribution >= 0.6 is 0 Å². The molecule has 0 bridgehead atoms. The van der Waals surface area contributed by atoms with Gasteiger partial charge in [-0.25, -0.2) is 0 Å². The van der Waals surface area contributed by atoms with Crippen molar-refractivity contribution in [3.63, 3.8) is 0 Å². The monoisotopic (exact) mass is 188 g/mol. The Morgan fingerprint density at radius 3 is 2.38 bits per heavy atom. The second-order valence-electron chi connectivity index (χ2n) is 4.01. The zero-order valence-corrected chi connectivity index (χ0v) is 8.44. The average Bonchev–Trinajstić information content (AvgIpc) is 2.47. The van der Waals surface area contributed by atoms with E-state index >= 15 is 0 Å². The highest BCUT2D eigenvalue weighted by molar-refractivity contribution is 4.93. The average molecular weight is 188 g/mol. The second kappa shape index (κ2) is 2.92. The summed E-state index contributed by atoms with van der Waals surface area (Å²) in [5.74, 6) is -0.510. The lowest BCUT2D eigenvalue weighted by Crippen LogP contribution is -2.30. The lowest BCUT2D eigenvalue weighted by molar-refractivity contribution is -0.224. The third-order valence-corrected chi connectivity index (χ3v) is 2.48. The molecule has 2 unspecified atom stereocenters. The molecule has 0 aliphatic carbocycles. The van der Waals surface area contributed by atoms with Crippen LogP contribution in [0.2, 0.25) is 0 Å². The van der Waals surface area contributed by atoms with Crippen LogP contribution < -0.4 is 0 Å². The van der Waals surface area contributed by atoms with Gasteiger partial charge < -0.3 is 18.9 Å². The highest BCUT2D eigenvalue weighted by Gasteiger charge is 2.53. The van der Waals surface area contributed by atoms with Gasteiger partial charge in [0, 0.05) is 7.11 Å². The molecule has 0 aromatic carbocycles. The molecule has 2 heterocycles. The highest BCUT2D eigenvalue weighted by atomic mass is 16.8. The van der Waals surface area contributed by atoms with Gasteiger partial charge in [0.25, 0.3) is 0 Å². The smallest absolute Gasteiger partial charge is 0.186 e. The van der Waals surface area contributed by atoms with Crippen LogP contribution in [0.4, 0.5) is 0 Å². The Hall–Kier alpha value is -0.160. The van der Waals surface area contributed by atoms with E-state index in [9.17, 15) is 0 Å². The summed E-state index contributed by atoms with van der Waals surface area (Å²) in [6, 6.07) is 0. The van der Waals surface area contributed by atoms with Crippen LogP contribution in [-0.2, 0) is 18.9 Å².